The number of rotatable bonds is 3. The van der Waals surface area contributed by atoms with Crippen LogP contribution in [0.15, 0.2) is 28.7 Å². The zero-order valence-corrected chi connectivity index (χ0v) is 11.8. The Balaban J connectivity index is 2.47. The van der Waals surface area contributed by atoms with Crippen LogP contribution in [-0.4, -0.2) is 30.9 Å². The third-order valence-corrected chi connectivity index (χ3v) is 5.12. The number of aliphatic hydroxyl groups is 1. The van der Waals surface area contributed by atoms with E-state index in [1.807, 2.05) is 6.92 Å². The molecule has 2 rings (SSSR count). The van der Waals surface area contributed by atoms with Crippen LogP contribution < -0.4 is 0 Å². The van der Waals surface area contributed by atoms with Crippen LogP contribution in [0.3, 0.4) is 0 Å². The minimum absolute atomic E-state index is 0.0196. The number of aliphatic hydroxyl groups excluding tert-OH is 1. The molecule has 0 aromatic heterocycles. The topological polar surface area (TPSA) is 57.6 Å². The van der Waals surface area contributed by atoms with Crippen LogP contribution >= 0.6 is 0 Å². The fraction of sp³-hybridized carbons (Fsp3) is 0.385. The number of hydrogen-bond donors (Lipinski definition) is 1. The first-order chi connectivity index (χ1) is 9.36. The molecule has 0 fully saturated rings. The second kappa shape index (κ2) is 5.59. The van der Waals surface area contributed by atoms with E-state index >= 15 is 0 Å². The van der Waals surface area contributed by atoms with E-state index in [0.29, 0.717) is 6.42 Å². The molecule has 0 atom stereocenters. The number of nitrogens with zero attached hydrogens (tertiary/aromatic N) is 1. The van der Waals surface area contributed by atoms with Crippen molar-refractivity contribution in [3.05, 3.63) is 41.0 Å². The summed E-state index contributed by atoms with van der Waals surface area (Å²) in [6.45, 7) is 1.70. The molecule has 1 aromatic carbocycles. The van der Waals surface area contributed by atoms with Gasteiger partial charge in [0.2, 0.25) is 10.0 Å². The van der Waals surface area contributed by atoms with Crippen LogP contribution in [-0.2, 0) is 16.6 Å². The van der Waals surface area contributed by atoms with Gasteiger partial charge in [-0.25, -0.2) is 17.2 Å². The summed E-state index contributed by atoms with van der Waals surface area (Å²) >= 11 is 0. The molecular weight excluding hydrogens is 288 g/mol. The Labute approximate surface area is 116 Å². The average Bonchev–Trinajstić information content (AvgIpc) is 2.42. The van der Waals surface area contributed by atoms with E-state index in [2.05, 4.69) is 0 Å². The molecule has 1 aliphatic rings. The molecule has 0 saturated carbocycles. The van der Waals surface area contributed by atoms with Crippen molar-refractivity contribution in [1.29, 1.82) is 0 Å². The second-order valence-electron chi connectivity index (χ2n) is 4.71. The van der Waals surface area contributed by atoms with Crippen LogP contribution in [0.25, 0.3) is 0 Å². The van der Waals surface area contributed by atoms with Crippen LogP contribution in [0.5, 0.6) is 0 Å². The first-order valence-electron chi connectivity index (χ1n) is 6.11. The van der Waals surface area contributed by atoms with E-state index in [0.717, 1.165) is 22.0 Å². The second-order valence-corrected chi connectivity index (χ2v) is 6.62. The first-order valence-corrected chi connectivity index (χ1v) is 7.55. The van der Waals surface area contributed by atoms with E-state index in [-0.39, 0.29) is 18.7 Å². The largest absolute Gasteiger partial charge is 0.392 e. The van der Waals surface area contributed by atoms with Gasteiger partial charge >= 0.3 is 0 Å². The number of sulfonamides is 1. The summed E-state index contributed by atoms with van der Waals surface area (Å²) in [7, 11) is -4.11. The predicted octanol–water partition coefficient (Wildman–Crippen LogP) is 1.80. The Morgan fingerprint density at radius 3 is 2.60 bits per heavy atom. The summed E-state index contributed by atoms with van der Waals surface area (Å²) in [5.74, 6) is -2.69. The molecule has 0 spiro atoms. The van der Waals surface area contributed by atoms with Crippen molar-refractivity contribution in [1.82, 2.24) is 4.31 Å². The van der Waals surface area contributed by atoms with Gasteiger partial charge in [-0.3, -0.25) is 0 Å². The van der Waals surface area contributed by atoms with E-state index in [9.17, 15) is 17.2 Å². The highest BCUT2D eigenvalue weighted by molar-refractivity contribution is 7.89. The van der Waals surface area contributed by atoms with Crippen molar-refractivity contribution in [3.63, 3.8) is 0 Å². The maximum absolute atomic E-state index is 13.8. The fourth-order valence-corrected chi connectivity index (χ4v) is 3.51. The minimum Gasteiger partial charge on any atom is -0.392 e. The smallest absolute Gasteiger partial charge is 0.246 e. The van der Waals surface area contributed by atoms with E-state index in [4.69, 9.17) is 5.11 Å². The monoisotopic (exact) mass is 303 g/mol. The quantitative estimate of drug-likeness (QED) is 0.866. The molecule has 7 heteroatoms. The molecule has 0 amide bonds. The summed E-state index contributed by atoms with van der Waals surface area (Å²) in [5, 5.41) is 8.98. The van der Waals surface area contributed by atoms with Crippen LogP contribution in [0.1, 0.15) is 18.9 Å². The first kappa shape index (κ1) is 15.1. The highest BCUT2D eigenvalue weighted by atomic mass is 32.2. The Morgan fingerprint density at radius 1 is 1.35 bits per heavy atom. The molecule has 1 aliphatic heterocycles. The van der Waals surface area contributed by atoms with Gasteiger partial charge in [0.25, 0.3) is 0 Å². The lowest BCUT2D eigenvalue weighted by molar-refractivity contribution is 0.280. The standard InChI is InChI=1S/C13H15F2NO3S/c1-9-2-4-16(5-3-9)20(18,19)12-7-10(8-17)6-11(14)13(12)15/h2,6-7,17H,3-5,8H2,1H3. The lowest BCUT2D eigenvalue weighted by atomic mass is 10.1. The van der Waals surface area contributed by atoms with Crippen LogP contribution in [0, 0.1) is 11.6 Å². The van der Waals surface area contributed by atoms with Gasteiger partial charge in [-0.1, -0.05) is 11.6 Å². The SMILES string of the molecule is CC1=CCN(S(=O)(=O)c2cc(CO)cc(F)c2F)CC1. The van der Waals surface area contributed by atoms with Gasteiger partial charge in [0.05, 0.1) is 6.61 Å². The third kappa shape index (κ3) is 2.74. The molecule has 20 heavy (non-hydrogen) atoms. The highest BCUT2D eigenvalue weighted by Gasteiger charge is 2.30. The molecule has 0 unspecified atom stereocenters. The van der Waals surface area contributed by atoms with Crippen molar-refractivity contribution < 1.29 is 22.3 Å². The molecule has 1 N–H and O–H groups in total. The molecular formula is C13H15F2NO3S. The predicted molar refractivity (Wildman–Crippen MR) is 69.4 cm³/mol. The van der Waals surface area contributed by atoms with Gasteiger partial charge in [-0.15, -0.1) is 0 Å². The van der Waals surface area contributed by atoms with Gasteiger partial charge < -0.3 is 5.11 Å². The average molecular weight is 303 g/mol. The van der Waals surface area contributed by atoms with Crippen molar-refractivity contribution in [2.75, 3.05) is 13.1 Å². The summed E-state index contributed by atoms with van der Waals surface area (Å²) in [5.41, 5.74) is 1.08. The van der Waals surface area contributed by atoms with Crippen molar-refractivity contribution >= 4 is 10.0 Å². The van der Waals surface area contributed by atoms with Gasteiger partial charge in [-0.2, -0.15) is 4.31 Å². The summed E-state index contributed by atoms with van der Waals surface area (Å²) in [6, 6.07) is 1.76. The highest BCUT2D eigenvalue weighted by Crippen LogP contribution is 2.25. The lowest BCUT2D eigenvalue weighted by Crippen LogP contribution is -2.35. The van der Waals surface area contributed by atoms with Crippen molar-refractivity contribution in [3.8, 4) is 0 Å². The molecule has 110 valence electrons. The van der Waals surface area contributed by atoms with Gasteiger partial charge in [0, 0.05) is 13.1 Å². The molecule has 0 radical (unpaired) electrons. The molecule has 0 aliphatic carbocycles. The zero-order chi connectivity index (χ0) is 14.9. The Bertz CT molecular complexity index is 656. The van der Waals surface area contributed by atoms with Gasteiger partial charge in [-0.05, 0) is 31.0 Å². The van der Waals surface area contributed by atoms with Crippen molar-refractivity contribution in [2.45, 2.75) is 24.8 Å². The zero-order valence-electron chi connectivity index (χ0n) is 10.9. The maximum atomic E-state index is 13.8. The molecule has 1 aromatic rings. The number of halogens is 2. The van der Waals surface area contributed by atoms with Gasteiger partial charge in [0.1, 0.15) is 4.90 Å². The van der Waals surface area contributed by atoms with Gasteiger partial charge in [0.15, 0.2) is 11.6 Å². The summed E-state index contributed by atoms with van der Waals surface area (Å²) < 4.78 is 53.0. The number of benzene rings is 1. The Morgan fingerprint density at radius 2 is 2.05 bits per heavy atom. The van der Waals surface area contributed by atoms with Crippen LogP contribution in [0.2, 0.25) is 0 Å². The van der Waals surface area contributed by atoms with Crippen LogP contribution in [0.4, 0.5) is 8.78 Å². The molecule has 0 bridgehead atoms. The van der Waals surface area contributed by atoms with Crippen molar-refractivity contribution in [2.24, 2.45) is 0 Å². The minimum atomic E-state index is -4.11. The number of hydrogen-bond acceptors (Lipinski definition) is 3. The fourth-order valence-electron chi connectivity index (χ4n) is 2.01. The maximum Gasteiger partial charge on any atom is 0.246 e. The molecule has 4 nitrogen and oxygen atoms in total. The van der Waals surface area contributed by atoms with E-state index in [1.165, 1.54) is 0 Å². The summed E-state index contributed by atoms with van der Waals surface area (Å²) in [4.78, 5) is -0.727. The molecule has 1 heterocycles. The Kier molecular flexibility index (Phi) is 4.22. The summed E-state index contributed by atoms with van der Waals surface area (Å²) in [6.07, 6.45) is 2.30. The lowest BCUT2D eigenvalue weighted by Gasteiger charge is -2.25. The van der Waals surface area contributed by atoms with E-state index < -0.39 is 33.2 Å². The molecule has 0 saturated heterocycles. The normalized spacial score (nSPS) is 17.1. The Hall–Kier alpha value is -1.31. The third-order valence-electron chi connectivity index (χ3n) is 3.25. The van der Waals surface area contributed by atoms with E-state index in [1.54, 1.807) is 6.08 Å².